The average Bonchev–Trinajstić information content (AvgIpc) is 2.52. The summed E-state index contributed by atoms with van der Waals surface area (Å²) < 4.78 is 44.3. The second-order valence-corrected chi connectivity index (χ2v) is 4.86. The normalized spacial score (nSPS) is 10.9. The Morgan fingerprint density at radius 2 is 1.83 bits per heavy atom. The van der Waals surface area contributed by atoms with Gasteiger partial charge in [0.1, 0.15) is 12.4 Å². The number of ketones is 1. The molecule has 0 atom stereocenters. The summed E-state index contributed by atoms with van der Waals surface area (Å²) in [6.45, 7) is 1.14. The van der Waals surface area contributed by atoms with Crippen molar-refractivity contribution in [3.8, 4) is 11.8 Å². The van der Waals surface area contributed by atoms with Gasteiger partial charge in [0.2, 0.25) is 0 Å². The first-order valence-corrected chi connectivity index (χ1v) is 6.65. The van der Waals surface area contributed by atoms with E-state index in [1.165, 1.54) is 6.07 Å². The number of rotatable bonds is 4. The van der Waals surface area contributed by atoms with Gasteiger partial charge in [0.05, 0.1) is 17.2 Å². The van der Waals surface area contributed by atoms with Gasteiger partial charge in [0, 0.05) is 5.56 Å². The van der Waals surface area contributed by atoms with Gasteiger partial charge in [0.25, 0.3) is 0 Å². The van der Waals surface area contributed by atoms with Crippen molar-refractivity contribution in [2.45, 2.75) is 19.7 Å². The van der Waals surface area contributed by atoms with Gasteiger partial charge in [-0.15, -0.1) is 0 Å². The molecule has 0 aromatic heterocycles. The Morgan fingerprint density at radius 3 is 2.35 bits per heavy atom. The predicted octanol–water partition coefficient (Wildman–Crippen LogP) is 4.36. The Hall–Kier alpha value is -2.81. The maximum absolute atomic E-state index is 13.0. The van der Waals surface area contributed by atoms with Crippen LogP contribution < -0.4 is 4.74 Å². The Labute approximate surface area is 130 Å². The van der Waals surface area contributed by atoms with E-state index in [2.05, 4.69) is 0 Å². The van der Waals surface area contributed by atoms with Crippen molar-refractivity contribution in [3.05, 3.63) is 64.7 Å². The largest absolute Gasteiger partial charge is 0.489 e. The molecule has 0 aliphatic rings. The summed E-state index contributed by atoms with van der Waals surface area (Å²) in [5, 5.41) is 8.70. The number of nitrogens with zero attached hydrogens (tertiary/aromatic N) is 1. The van der Waals surface area contributed by atoms with E-state index < -0.39 is 17.5 Å². The SMILES string of the molecule is CC(=O)c1ccc(OCc2ccc(C#N)cc2)cc1C(F)(F)F. The second kappa shape index (κ2) is 6.53. The van der Waals surface area contributed by atoms with Gasteiger partial charge in [-0.3, -0.25) is 4.79 Å². The summed E-state index contributed by atoms with van der Waals surface area (Å²) in [5.41, 5.74) is -0.197. The van der Waals surface area contributed by atoms with Gasteiger partial charge in [0.15, 0.2) is 5.78 Å². The third-order valence-electron chi connectivity index (χ3n) is 3.16. The van der Waals surface area contributed by atoms with Gasteiger partial charge in [-0.1, -0.05) is 12.1 Å². The van der Waals surface area contributed by atoms with E-state index in [9.17, 15) is 18.0 Å². The molecule has 118 valence electrons. The standard InChI is InChI=1S/C17H12F3NO2/c1-11(22)15-7-6-14(8-16(15)17(18,19)20)23-10-13-4-2-12(9-21)3-5-13/h2-8H,10H2,1H3. The fraction of sp³-hybridized carbons (Fsp3) is 0.176. The molecule has 2 aromatic rings. The number of hydrogen-bond acceptors (Lipinski definition) is 3. The lowest BCUT2D eigenvalue weighted by molar-refractivity contribution is -0.138. The van der Waals surface area contributed by atoms with Gasteiger partial charge < -0.3 is 4.74 Å². The number of nitriles is 1. The zero-order valence-electron chi connectivity index (χ0n) is 12.1. The molecule has 0 fully saturated rings. The van der Waals surface area contributed by atoms with Crippen LogP contribution in [-0.4, -0.2) is 5.78 Å². The molecule has 0 amide bonds. The van der Waals surface area contributed by atoms with Crippen molar-refractivity contribution >= 4 is 5.78 Å². The van der Waals surface area contributed by atoms with Crippen molar-refractivity contribution in [1.29, 1.82) is 5.26 Å². The highest BCUT2D eigenvalue weighted by Crippen LogP contribution is 2.34. The van der Waals surface area contributed by atoms with Crippen molar-refractivity contribution in [2.24, 2.45) is 0 Å². The molecule has 0 saturated heterocycles. The number of carbonyl (C=O) groups excluding carboxylic acids is 1. The minimum absolute atomic E-state index is 0.0201. The van der Waals surface area contributed by atoms with Crippen molar-refractivity contribution in [3.63, 3.8) is 0 Å². The number of Topliss-reactive ketones (excluding diaryl/α,β-unsaturated/α-hetero) is 1. The van der Waals surface area contributed by atoms with Crippen LogP contribution in [0.2, 0.25) is 0 Å². The molecule has 0 aliphatic carbocycles. The third kappa shape index (κ3) is 4.10. The first-order valence-electron chi connectivity index (χ1n) is 6.65. The highest BCUT2D eigenvalue weighted by atomic mass is 19.4. The quantitative estimate of drug-likeness (QED) is 0.787. The molecular weight excluding hydrogens is 307 g/mol. The monoisotopic (exact) mass is 319 g/mol. The van der Waals surface area contributed by atoms with Crippen molar-refractivity contribution in [2.75, 3.05) is 0 Å². The van der Waals surface area contributed by atoms with Crippen LogP contribution in [0.25, 0.3) is 0 Å². The summed E-state index contributed by atoms with van der Waals surface area (Å²) in [4.78, 5) is 11.3. The molecule has 0 N–H and O–H groups in total. The molecule has 6 heteroatoms. The minimum atomic E-state index is -4.63. The van der Waals surface area contributed by atoms with E-state index in [1.54, 1.807) is 24.3 Å². The Morgan fingerprint density at radius 1 is 1.17 bits per heavy atom. The smallest absolute Gasteiger partial charge is 0.417 e. The number of ether oxygens (including phenoxy) is 1. The van der Waals surface area contributed by atoms with Crippen molar-refractivity contribution in [1.82, 2.24) is 0 Å². The van der Waals surface area contributed by atoms with Crippen LogP contribution in [0.15, 0.2) is 42.5 Å². The number of carbonyl (C=O) groups is 1. The molecule has 0 saturated carbocycles. The molecule has 0 radical (unpaired) electrons. The van der Waals surface area contributed by atoms with Crippen molar-refractivity contribution < 1.29 is 22.7 Å². The molecule has 3 nitrogen and oxygen atoms in total. The lowest BCUT2D eigenvalue weighted by Gasteiger charge is -2.13. The fourth-order valence-corrected chi connectivity index (χ4v) is 2.00. The van der Waals surface area contributed by atoms with E-state index in [0.29, 0.717) is 11.1 Å². The van der Waals surface area contributed by atoms with Crippen LogP contribution in [-0.2, 0) is 12.8 Å². The van der Waals surface area contributed by atoms with Gasteiger partial charge >= 0.3 is 6.18 Å². The lowest BCUT2D eigenvalue weighted by Crippen LogP contribution is -2.12. The summed E-state index contributed by atoms with van der Waals surface area (Å²) in [7, 11) is 0. The summed E-state index contributed by atoms with van der Waals surface area (Å²) in [5.74, 6) is -0.636. The first kappa shape index (κ1) is 16.6. The van der Waals surface area contributed by atoms with Crippen LogP contribution in [0.5, 0.6) is 5.75 Å². The van der Waals surface area contributed by atoms with Crippen LogP contribution in [0.1, 0.15) is 34.0 Å². The van der Waals surface area contributed by atoms with Crippen LogP contribution in [0, 0.1) is 11.3 Å². The molecule has 0 bridgehead atoms. The molecule has 0 aliphatic heterocycles. The van der Waals surface area contributed by atoms with Crippen LogP contribution in [0.4, 0.5) is 13.2 Å². The summed E-state index contributed by atoms with van der Waals surface area (Å²) in [6.07, 6.45) is -4.63. The van der Waals surface area contributed by atoms with E-state index in [-0.39, 0.29) is 17.9 Å². The molecule has 0 unspecified atom stereocenters. The second-order valence-electron chi connectivity index (χ2n) is 4.86. The summed E-state index contributed by atoms with van der Waals surface area (Å²) in [6, 6.07) is 11.7. The average molecular weight is 319 g/mol. The van der Waals surface area contributed by atoms with Crippen LogP contribution in [0.3, 0.4) is 0 Å². The number of halogens is 3. The number of alkyl halides is 3. The predicted molar refractivity (Wildman–Crippen MR) is 76.9 cm³/mol. The maximum Gasteiger partial charge on any atom is 0.417 e. The van der Waals surface area contributed by atoms with E-state index in [4.69, 9.17) is 10.00 Å². The van der Waals surface area contributed by atoms with E-state index >= 15 is 0 Å². The highest BCUT2D eigenvalue weighted by Gasteiger charge is 2.34. The molecule has 0 heterocycles. The topological polar surface area (TPSA) is 50.1 Å². The molecule has 23 heavy (non-hydrogen) atoms. The minimum Gasteiger partial charge on any atom is -0.489 e. The lowest BCUT2D eigenvalue weighted by atomic mass is 10.0. The fourth-order valence-electron chi connectivity index (χ4n) is 2.00. The zero-order valence-corrected chi connectivity index (χ0v) is 12.1. The molecule has 2 rings (SSSR count). The number of benzene rings is 2. The Balaban J connectivity index is 2.20. The first-order chi connectivity index (χ1) is 10.8. The molecule has 0 spiro atoms. The van der Waals surface area contributed by atoms with E-state index in [1.807, 2.05) is 6.07 Å². The summed E-state index contributed by atoms with van der Waals surface area (Å²) >= 11 is 0. The number of hydrogen-bond donors (Lipinski definition) is 0. The van der Waals surface area contributed by atoms with Crippen LogP contribution >= 0.6 is 0 Å². The third-order valence-corrected chi connectivity index (χ3v) is 3.16. The van der Waals surface area contributed by atoms with E-state index in [0.717, 1.165) is 19.1 Å². The van der Waals surface area contributed by atoms with Gasteiger partial charge in [-0.25, -0.2) is 0 Å². The Bertz CT molecular complexity index is 759. The maximum atomic E-state index is 13.0. The molecule has 2 aromatic carbocycles. The van der Waals surface area contributed by atoms with Gasteiger partial charge in [-0.2, -0.15) is 18.4 Å². The Kier molecular flexibility index (Phi) is 4.70. The molecular formula is C17H12F3NO2. The highest BCUT2D eigenvalue weighted by molar-refractivity contribution is 5.95. The van der Waals surface area contributed by atoms with Gasteiger partial charge in [-0.05, 0) is 42.8 Å². The zero-order chi connectivity index (χ0) is 17.0.